The Hall–Kier alpha value is -2.39. The highest BCUT2D eigenvalue weighted by atomic mass is 79.9. The number of halogens is 2. The average Bonchev–Trinajstić information content (AvgIpc) is 3.06. The fourth-order valence-corrected chi connectivity index (χ4v) is 5.33. The summed E-state index contributed by atoms with van der Waals surface area (Å²) in [6, 6.07) is 17.7. The van der Waals surface area contributed by atoms with Crippen molar-refractivity contribution in [2.24, 2.45) is 0 Å². The Morgan fingerprint density at radius 1 is 1.07 bits per heavy atom. The van der Waals surface area contributed by atoms with Crippen LogP contribution in [0.25, 0.3) is 0 Å². The van der Waals surface area contributed by atoms with Crippen LogP contribution in [0, 0.1) is 0 Å². The number of fused-ring (bicyclic) bond motifs is 1. The summed E-state index contributed by atoms with van der Waals surface area (Å²) in [6.07, 6.45) is 0.334. The molecule has 9 heteroatoms. The molecule has 1 aliphatic rings. The van der Waals surface area contributed by atoms with E-state index in [1.165, 1.54) is 36.4 Å². The van der Waals surface area contributed by atoms with Gasteiger partial charge in [0.05, 0.1) is 10.5 Å². The van der Waals surface area contributed by atoms with Crippen molar-refractivity contribution < 1.29 is 18.3 Å². The standard InChI is InChI=1S/C21H16BrClN2O4S/c22-16-5-10-19-14(11-16)12-21(24-19,15-3-1-13(2-4-15)20(26)27)25-30(28,29)18-8-6-17(23)7-9-18/h1-11,24-25H,12H2,(H,26,27). The second kappa shape index (κ2) is 7.70. The highest BCUT2D eigenvalue weighted by Crippen LogP contribution is 2.40. The number of carbonyl (C=O) groups is 1. The quantitative estimate of drug-likeness (QED) is 0.469. The van der Waals surface area contributed by atoms with Gasteiger partial charge in [-0.05, 0) is 65.7 Å². The zero-order valence-electron chi connectivity index (χ0n) is 15.4. The molecule has 3 aromatic carbocycles. The Bertz CT molecular complexity index is 1230. The largest absolute Gasteiger partial charge is 0.478 e. The molecule has 0 amide bonds. The molecule has 1 atom stereocenters. The van der Waals surface area contributed by atoms with Crippen molar-refractivity contribution in [2.75, 3.05) is 5.32 Å². The summed E-state index contributed by atoms with van der Waals surface area (Å²) in [5.74, 6) is -1.05. The van der Waals surface area contributed by atoms with Crippen molar-refractivity contribution in [1.82, 2.24) is 4.72 Å². The molecule has 4 rings (SSSR count). The molecule has 3 aromatic rings. The van der Waals surface area contributed by atoms with Crippen LogP contribution in [0.5, 0.6) is 0 Å². The van der Waals surface area contributed by atoms with Crippen molar-refractivity contribution in [3.05, 3.63) is 92.9 Å². The third-order valence-corrected chi connectivity index (χ3v) is 7.18. The summed E-state index contributed by atoms with van der Waals surface area (Å²) in [7, 11) is -3.92. The van der Waals surface area contributed by atoms with Gasteiger partial charge in [-0.3, -0.25) is 0 Å². The first-order valence-electron chi connectivity index (χ1n) is 8.89. The van der Waals surface area contributed by atoms with E-state index in [-0.39, 0.29) is 10.5 Å². The number of hydrogen-bond donors (Lipinski definition) is 3. The summed E-state index contributed by atoms with van der Waals surface area (Å²) in [5.41, 5.74) is 1.24. The Kier molecular flexibility index (Phi) is 5.36. The van der Waals surface area contributed by atoms with Crippen LogP contribution in [0.3, 0.4) is 0 Å². The maximum absolute atomic E-state index is 13.2. The third kappa shape index (κ3) is 3.96. The lowest BCUT2D eigenvalue weighted by atomic mass is 9.95. The molecule has 0 bridgehead atoms. The van der Waals surface area contributed by atoms with E-state index >= 15 is 0 Å². The average molecular weight is 508 g/mol. The van der Waals surface area contributed by atoms with Gasteiger partial charge in [0.15, 0.2) is 0 Å². The normalized spacial score (nSPS) is 17.9. The van der Waals surface area contributed by atoms with E-state index < -0.39 is 21.7 Å². The van der Waals surface area contributed by atoms with Gasteiger partial charge < -0.3 is 10.4 Å². The van der Waals surface area contributed by atoms with Crippen LogP contribution in [-0.4, -0.2) is 19.5 Å². The van der Waals surface area contributed by atoms with Gasteiger partial charge in [-0.25, -0.2) is 13.2 Å². The second-order valence-electron chi connectivity index (χ2n) is 6.95. The molecule has 1 heterocycles. The van der Waals surface area contributed by atoms with Crippen molar-refractivity contribution in [3.8, 4) is 0 Å². The van der Waals surface area contributed by atoms with Crippen LogP contribution in [0.15, 0.2) is 76.1 Å². The fraction of sp³-hybridized carbons (Fsp3) is 0.0952. The predicted octanol–water partition coefficient (Wildman–Crippen LogP) is 4.60. The minimum atomic E-state index is -3.92. The number of aromatic carboxylic acids is 1. The van der Waals surface area contributed by atoms with Crippen LogP contribution < -0.4 is 10.0 Å². The Labute approximate surface area is 187 Å². The first-order valence-corrected chi connectivity index (χ1v) is 11.5. The molecule has 30 heavy (non-hydrogen) atoms. The van der Waals surface area contributed by atoms with Crippen LogP contribution in [0.4, 0.5) is 5.69 Å². The molecule has 0 saturated heterocycles. The monoisotopic (exact) mass is 506 g/mol. The molecule has 0 aliphatic carbocycles. The molecule has 0 radical (unpaired) electrons. The molecule has 0 spiro atoms. The van der Waals surface area contributed by atoms with Crippen molar-refractivity contribution in [3.63, 3.8) is 0 Å². The number of carboxylic acids is 1. The van der Waals surface area contributed by atoms with E-state index in [0.29, 0.717) is 17.0 Å². The SMILES string of the molecule is O=C(O)c1ccc(C2(NS(=O)(=O)c3ccc(Cl)cc3)Cc3cc(Br)ccc3N2)cc1. The van der Waals surface area contributed by atoms with E-state index in [1.807, 2.05) is 18.2 Å². The van der Waals surface area contributed by atoms with E-state index in [1.54, 1.807) is 12.1 Å². The lowest BCUT2D eigenvalue weighted by molar-refractivity contribution is 0.0696. The summed E-state index contributed by atoms with van der Waals surface area (Å²) >= 11 is 9.34. The summed E-state index contributed by atoms with van der Waals surface area (Å²) < 4.78 is 30.0. The molecule has 1 unspecified atom stereocenters. The van der Waals surface area contributed by atoms with Gasteiger partial charge in [0.1, 0.15) is 5.66 Å². The zero-order valence-corrected chi connectivity index (χ0v) is 18.6. The molecule has 0 aromatic heterocycles. The minimum absolute atomic E-state index is 0.0763. The molecular formula is C21H16BrClN2O4S. The zero-order chi connectivity index (χ0) is 21.5. The molecule has 1 aliphatic heterocycles. The topological polar surface area (TPSA) is 95.5 Å². The fourth-order valence-electron chi connectivity index (χ4n) is 3.48. The van der Waals surface area contributed by atoms with Crippen LogP contribution in [-0.2, 0) is 22.1 Å². The smallest absolute Gasteiger partial charge is 0.335 e. The van der Waals surface area contributed by atoms with Crippen LogP contribution >= 0.6 is 27.5 Å². The van der Waals surface area contributed by atoms with Gasteiger partial charge in [0.25, 0.3) is 0 Å². The maximum Gasteiger partial charge on any atom is 0.335 e. The molecule has 0 fully saturated rings. The molecule has 0 saturated carbocycles. The van der Waals surface area contributed by atoms with E-state index in [2.05, 4.69) is 26.0 Å². The number of nitrogens with one attached hydrogen (secondary N) is 2. The van der Waals surface area contributed by atoms with Gasteiger partial charge in [-0.15, -0.1) is 0 Å². The van der Waals surface area contributed by atoms with Crippen molar-refractivity contribution >= 4 is 49.2 Å². The number of anilines is 1. The number of rotatable bonds is 5. The number of hydrogen-bond acceptors (Lipinski definition) is 4. The predicted molar refractivity (Wildman–Crippen MR) is 118 cm³/mol. The summed E-state index contributed by atoms with van der Waals surface area (Å²) in [4.78, 5) is 11.3. The number of benzene rings is 3. The first kappa shape index (κ1) is 20.9. The summed E-state index contributed by atoms with van der Waals surface area (Å²) in [5, 5.41) is 12.9. The van der Waals surface area contributed by atoms with Gasteiger partial charge in [-0.2, -0.15) is 4.72 Å². The molecule has 3 N–H and O–H groups in total. The van der Waals surface area contributed by atoms with E-state index in [9.17, 15) is 18.3 Å². The second-order valence-corrected chi connectivity index (χ2v) is 9.99. The summed E-state index contributed by atoms with van der Waals surface area (Å²) in [6.45, 7) is 0. The molecule has 154 valence electrons. The van der Waals surface area contributed by atoms with E-state index in [4.69, 9.17) is 11.6 Å². The van der Waals surface area contributed by atoms with Crippen LogP contribution in [0.1, 0.15) is 21.5 Å². The Morgan fingerprint density at radius 3 is 2.37 bits per heavy atom. The maximum atomic E-state index is 13.2. The van der Waals surface area contributed by atoms with Gasteiger partial charge in [0, 0.05) is 21.6 Å². The first-order chi connectivity index (χ1) is 14.2. The number of sulfonamides is 1. The molecular weight excluding hydrogens is 492 g/mol. The lowest BCUT2D eigenvalue weighted by Gasteiger charge is -2.32. The van der Waals surface area contributed by atoms with Crippen molar-refractivity contribution in [1.29, 1.82) is 0 Å². The number of carboxylic acid groups (broad SMARTS) is 1. The molecule has 6 nitrogen and oxygen atoms in total. The van der Waals surface area contributed by atoms with Gasteiger partial charge in [-0.1, -0.05) is 39.7 Å². The Morgan fingerprint density at radius 2 is 1.73 bits per heavy atom. The highest BCUT2D eigenvalue weighted by Gasteiger charge is 2.42. The van der Waals surface area contributed by atoms with Gasteiger partial charge >= 0.3 is 5.97 Å². The minimum Gasteiger partial charge on any atom is -0.478 e. The van der Waals surface area contributed by atoms with Crippen molar-refractivity contribution in [2.45, 2.75) is 17.0 Å². The highest BCUT2D eigenvalue weighted by molar-refractivity contribution is 9.10. The third-order valence-electron chi connectivity index (χ3n) is 4.93. The Balaban J connectivity index is 1.79. The van der Waals surface area contributed by atoms with Crippen LogP contribution in [0.2, 0.25) is 5.02 Å². The van der Waals surface area contributed by atoms with E-state index in [0.717, 1.165) is 15.7 Å². The lowest BCUT2D eigenvalue weighted by Crippen LogP contribution is -2.50. The van der Waals surface area contributed by atoms with Gasteiger partial charge in [0.2, 0.25) is 10.0 Å².